The maximum absolute atomic E-state index is 12.6. The van der Waals surface area contributed by atoms with Crippen molar-refractivity contribution in [3.8, 4) is 5.75 Å². The molecule has 0 spiro atoms. The van der Waals surface area contributed by atoms with Crippen LogP contribution in [0.1, 0.15) is 24.5 Å². The summed E-state index contributed by atoms with van der Waals surface area (Å²) in [7, 11) is 1.47. The predicted molar refractivity (Wildman–Crippen MR) is 127 cm³/mol. The number of amides is 2. The van der Waals surface area contributed by atoms with Gasteiger partial charge in [0, 0.05) is 32.5 Å². The lowest BCUT2D eigenvalue weighted by Gasteiger charge is -2.27. The third kappa shape index (κ3) is 8.13. The standard InChI is InChI=1S/C21H22BrIN2O6/c1-30-18(4-2-3-5-19(27)25-29)20(16-12-14(23)8-11-17(16)26)31-21(28)24-15-9-6-13(22)7-10-15/h3,5-12,18,20,26,29H,2,4H2,1H3,(H,24,28)(H,25,27)/b5-3+/t18-,20-/m1/s1. The highest BCUT2D eigenvalue weighted by Gasteiger charge is 2.29. The fourth-order valence-electron chi connectivity index (χ4n) is 2.77. The summed E-state index contributed by atoms with van der Waals surface area (Å²) in [5.41, 5.74) is 2.46. The van der Waals surface area contributed by atoms with Gasteiger partial charge in [-0.05, 0) is 77.9 Å². The summed E-state index contributed by atoms with van der Waals surface area (Å²) in [5.74, 6) is -0.676. The van der Waals surface area contributed by atoms with Crippen LogP contribution in [0.3, 0.4) is 0 Å². The summed E-state index contributed by atoms with van der Waals surface area (Å²) in [6.45, 7) is 0. The fourth-order valence-corrected chi connectivity index (χ4v) is 3.55. The van der Waals surface area contributed by atoms with Crippen molar-refractivity contribution in [2.24, 2.45) is 0 Å². The van der Waals surface area contributed by atoms with Crippen LogP contribution in [0.15, 0.2) is 59.1 Å². The Labute approximate surface area is 201 Å². The number of nitrogens with one attached hydrogen (secondary N) is 2. The molecule has 0 saturated carbocycles. The number of methoxy groups -OCH3 is 1. The van der Waals surface area contributed by atoms with Crippen LogP contribution < -0.4 is 10.8 Å². The summed E-state index contributed by atoms with van der Waals surface area (Å²) in [6, 6.07) is 12.0. The maximum atomic E-state index is 12.6. The average molecular weight is 605 g/mol. The van der Waals surface area contributed by atoms with E-state index >= 15 is 0 Å². The van der Waals surface area contributed by atoms with E-state index in [1.165, 1.54) is 24.7 Å². The van der Waals surface area contributed by atoms with Crippen LogP contribution in [0.5, 0.6) is 5.75 Å². The van der Waals surface area contributed by atoms with Gasteiger partial charge < -0.3 is 14.6 Å². The van der Waals surface area contributed by atoms with Gasteiger partial charge in [0.05, 0.1) is 6.10 Å². The van der Waals surface area contributed by atoms with Crippen LogP contribution in [0.2, 0.25) is 0 Å². The molecule has 0 radical (unpaired) electrons. The number of ether oxygens (including phenoxy) is 2. The van der Waals surface area contributed by atoms with E-state index in [1.54, 1.807) is 42.5 Å². The van der Waals surface area contributed by atoms with Gasteiger partial charge in [-0.3, -0.25) is 15.3 Å². The van der Waals surface area contributed by atoms with Gasteiger partial charge >= 0.3 is 6.09 Å². The number of allylic oxidation sites excluding steroid dienone is 1. The Morgan fingerprint density at radius 2 is 1.94 bits per heavy atom. The van der Waals surface area contributed by atoms with Crippen LogP contribution in [0, 0.1) is 3.57 Å². The number of rotatable bonds is 9. The molecule has 2 atom stereocenters. The predicted octanol–water partition coefficient (Wildman–Crippen LogP) is 4.91. The lowest BCUT2D eigenvalue weighted by atomic mass is 9.99. The zero-order valence-corrected chi connectivity index (χ0v) is 20.3. The molecule has 0 heterocycles. The van der Waals surface area contributed by atoms with Crippen LogP contribution in [0.4, 0.5) is 10.5 Å². The molecule has 8 nitrogen and oxygen atoms in total. The summed E-state index contributed by atoms with van der Waals surface area (Å²) in [5, 5.41) is 21.6. The van der Waals surface area contributed by atoms with Crippen LogP contribution in [-0.2, 0) is 14.3 Å². The van der Waals surface area contributed by atoms with E-state index in [0.29, 0.717) is 24.1 Å². The summed E-state index contributed by atoms with van der Waals surface area (Å²) < 4.78 is 12.9. The smallest absolute Gasteiger partial charge is 0.412 e. The van der Waals surface area contributed by atoms with Crippen LogP contribution in [-0.4, -0.2) is 35.5 Å². The number of anilines is 1. The minimum atomic E-state index is -0.907. The molecule has 31 heavy (non-hydrogen) atoms. The Kier molecular flexibility index (Phi) is 10.2. The molecule has 2 amide bonds. The highest BCUT2D eigenvalue weighted by atomic mass is 127. The molecule has 0 aliphatic heterocycles. The summed E-state index contributed by atoms with van der Waals surface area (Å²) in [4.78, 5) is 23.7. The second kappa shape index (κ2) is 12.6. The molecule has 2 rings (SSSR count). The van der Waals surface area contributed by atoms with Crippen molar-refractivity contribution in [2.75, 3.05) is 12.4 Å². The van der Waals surface area contributed by atoms with Crippen molar-refractivity contribution < 1.29 is 29.4 Å². The third-order valence-corrected chi connectivity index (χ3v) is 5.46. The molecule has 4 N–H and O–H groups in total. The molecule has 0 aromatic heterocycles. The number of hydrogen-bond donors (Lipinski definition) is 4. The number of carbonyl (C=O) groups is 2. The lowest BCUT2D eigenvalue weighted by molar-refractivity contribution is -0.124. The fraction of sp³-hybridized carbons (Fsp3) is 0.238. The second-order valence-electron chi connectivity index (χ2n) is 6.39. The molecule has 0 saturated heterocycles. The van der Waals surface area contributed by atoms with E-state index in [-0.39, 0.29) is 5.75 Å². The van der Waals surface area contributed by atoms with Gasteiger partial charge in [-0.15, -0.1) is 0 Å². The molecule has 2 aromatic rings. The van der Waals surface area contributed by atoms with Gasteiger partial charge in [-0.25, -0.2) is 10.3 Å². The van der Waals surface area contributed by atoms with E-state index < -0.39 is 24.2 Å². The minimum Gasteiger partial charge on any atom is -0.508 e. The number of carbonyl (C=O) groups excluding carboxylic acids is 2. The van der Waals surface area contributed by atoms with Gasteiger partial charge in [-0.1, -0.05) is 22.0 Å². The van der Waals surface area contributed by atoms with E-state index in [0.717, 1.165) is 8.04 Å². The number of aromatic hydroxyl groups is 1. The Morgan fingerprint density at radius 3 is 2.58 bits per heavy atom. The number of benzene rings is 2. The molecular weight excluding hydrogens is 583 g/mol. The molecule has 0 fully saturated rings. The monoisotopic (exact) mass is 604 g/mol. The second-order valence-corrected chi connectivity index (χ2v) is 8.55. The van der Waals surface area contributed by atoms with Crippen molar-refractivity contribution in [2.45, 2.75) is 25.0 Å². The largest absolute Gasteiger partial charge is 0.508 e. The van der Waals surface area contributed by atoms with Crippen molar-refractivity contribution >= 4 is 56.2 Å². The quantitative estimate of drug-likeness (QED) is 0.140. The van der Waals surface area contributed by atoms with Crippen molar-refractivity contribution in [3.05, 3.63) is 68.2 Å². The lowest BCUT2D eigenvalue weighted by Crippen LogP contribution is -2.28. The summed E-state index contributed by atoms with van der Waals surface area (Å²) >= 11 is 5.44. The first-order valence-electron chi connectivity index (χ1n) is 9.19. The molecule has 166 valence electrons. The van der Waals surface area contributed by atoms with E-state index in [9.17, 15) is 14.7 Å². The molecular formula is C21H22BrIN2O6. The number of phenolic OH excluding ortho intramolecular Hbond substituents is 1. The Balaban J connectivity index is 2.21. The molecule has 0 aliphatic rings. The Bertz CT molecular complexity index is 923. The number of hydrogen-bond acceptors (Lipinski definition) is 6. The van der Waals surface area contributed by atoms with E-state index in [1.807, 2.05) is 0 Å². The number of phenols is 1. The normalized spacial score (nSPS) is 12.9. The molecule has 0 bridgehead atoms. The third-order valence-electron chi connectivity index (χ3n) is 4.26. The highest BCUT2D eigenvalue weighted by molar-refractivity contribution is 14.1. The average Bonchev–Trinajstić information content (AvgIpc) is 2.75. The topological polar surface area (TPSA) is 117 Å². The minimum absolute atomic E-state index is 0.0286. The highest BCUT2D eigenvalue weighted by Crippen LogP contribution is 2.34. The first-order chi connectivity index (χ1) is 14.8. The zero-order valence-electron chi connectivity index (χ0n) is 16.5. The molecule has 2 aromatic carbocycles. The molecule has 0 aliphatic carbocycles. The van der Waals surface area contributed by atoms with Gasteiger partial charge in [0.2, 0.25) is 0 Å². The van der Waals surface area contributed by atoms with Gasteiger partial charge in [0.1, 0.15) is 5.75 Å². The van der Waals surface area contributed by atoms with E-state index in [4.69, 9.17) is 14.7 Å². The molecule has 10 heteroatoms. The Hall–Kier alpha value is -2.15. The van der Waals surface area contributed by atoms with Gasteiger partial charge in [0.25, 0.3) is 5.91 Å². The molecule has 0 unspecified atom stereocenters. The Morgan fingerprint density at radius 1 is 1.23 bits per heavy atom. The number of hydroxylamine groups is 1. The number of halogens is 2. The maximum Gasteiger partial charge on any atom is 0.412 e. The van der Waals surface area contributed by atoms with Gasteiger partial charge in [0.15, 0.2) is 6.10 Å². The zero-order chi connectivity index (χ0) is 22.8. The summed E-state index contributed by atoms with van der Waals surface area (Å²) in [6.07, 6.45) is 1.31. The van der Waals surface area contributed by atoms with Crippen molar-refractivity contribution in [3.63, 3.8) is 0 Å². The first kappa shape index (κ1) is 25.1. The van der Waals surface area contributed by atoms with Crippen molar-refractivity contribution in [1.82, 2.24) is 5.48 Å². The SMILES string of the molecule is CO[C@H](CC/C=C/C(=O)NO)[C@H](OC(=O)Nc1ccc(Br)cc1)c1cc(I)ccc1O. The van der Waals surface area contributed by atoms with Crippen LogP contribution in [0.25, 0.3) is 0 Å². The first-order valence-corrected chi connectivity index (χ1v) is 11.1. The van der Waals surface area contributed by atoms with Crippen molar-refractivity contribution in [1.29, 1.82) is 0 Å². The van der Waals surface area contributed by atoms with E-state index in [2.05, 4.69) is 43.8 Å². The van der Waals surface area contributed by atoms with Gasteiger partial charge in [-0.2, -0.15) is 0 Å². The van der Waals surface area contributed by atoms with Crippen LogP contribution >= 0.6 is 38.5 Å².